The minimum atomic E-state index is -0.350. The van der Waals surface area contributed by atoms with Gasteiger partial charge in [-0.2, -0.15) is 0 Å². The van der Waals surface area contributed by atoms with Crippen LogP contribution in [0.4, 0.5) is 4.39 Å². The van der Waals surface area contributed by atoms with Crippen molar-refractivity contribution in [1.82, 2.24) is 9.97 Å². The lowest BCUT2D eigenvalue weighted by molar-refractivity contribution is 0.411. The van der Waals surface area contributed by atoms with Crippen molar-refractivity contribution < 1.29 is 9.13 Å². The number of hydrogen-bond donors (Lipinski definition) is 0. The van der Waals surface area contributed by atoms with Crippen LogP contribution >= 0.6 is 0 Å². The summed E-state index contributed by atoms with van der Waals surface area (Å²) in [4.78, 5) is 7.49. The number of rotatable bonds is 2. The summed E-state index contributed by atoms with van der Waals surface area (Å²) in [6.45, 7) is 0. The van der Waals surface area contributed by atoms with Crippen LogP contribution in [0.15, 0.2) is 30.6 Å². The fraction of sp³-hybridized carbons (Fsp3) is 0.0909. The van der Waals surface area contributed by atoms with E-state index in [1.165, 1.54) is 19.2 Å². The molecule has 0 aliphatic rings. The monoisotopic (exact) mass is 203 g/mol. The average molecular weight is 203 g/mol. The van der Waals surface area contributed by atoms with Gasteiger partial charge in [-0.1, -0.05) is 0 Å². The second-order valence-corrected chi connectivity index (χ2v) is 2.95. The van der Waals surface area contributed by atoms with E-state index in [-0.39, 0.29) is 5.82 Å². The van der Waals surface area contributed by atoms with E-state index >= 15 is 0 Å². The van der Waals surface area contributed by atoms with Crippen LogP contribution in [0.2, 0.25) is 0 Å². The molecular weight excluding hydrogens is 195 g/mol. The van der Waals surface area contributed by atoms with Crippen molar-refractivity contribution in [1.29, 1.82) is 0 Å². The van der Waals surface area contributed by atoms with Crippen molar-refractivity contribution in [3.63, 3.8) is 0 Å². The van der Waals surface area contributed by atoms with Gasteiger partial charge in [0, 0.05) is 24.0 Å². The molecule has 0 saturated carbocycles. The Bertz CT molecular complexity index is 459. The zero-order valence-electron chi connectivity index (χ0n) is 8.07. The van der Waals surface area contributed by atoms with Gasteiger partial charge in [0.1, 0.15) is 11.6 Å². The molecule has 75 valence electrons. The quantitative estimate of drug-likeness (QED) is 0.749. The van der Waals surface area contributed by atoms with Gasteiger partial charge < -0.3 is 4.74 Å². The minimum Gasteiger partial charge on any atom is -0.497 e. The van der Waals surface area contributed by atoms with Crippen LogP contribution in [0.25, 0.3) is 11.1 Å². The lowest BCUT2D eigenvalue weighted by Gasteiger charge is -2.04. The molecule has 2 aromatic rings. The third-order valence-corrected chi connectivity index (χ3v) is 1.96. The highest BCUT2D eigenvalue weighted by atomic mass is 19.1. The van der Waals surface area contributed by atoms with E-state index in [2.05, 4.69) is 16.3 Å². The fourth-order valence-electron chi connectivity index (χ4n) is 1.26. The first-order valence-electron chi connectivity index (χ1n) is 4.32. The molecule has 0 amide bonds. The average Bonchev–Trinajstić information content (AvgIpc) is 2.29. The van der Waals surface area contributed by atoms with Gasteiger partial charge in [0.2, 0.25) is 0 Å². The fourth-order valence-corrected chi connectivity index (χ4v) is 1.26. The van der Waals surface area contributed by atoms with Gasteiger partial charge in [-0.3, -0.25) is 0 Å². The van der Waals surface area contributed by atoms with Crippen LogP contribution in [0, 0.1) is 12.1 Å². The molecule has 0 spiro atoms. The Balaban J connectivity index is 2.49. The predicted octanol–water partition coefficient (Wildman–Crippen LogP) is 2.09. The molecule has 3 nitrogen and oxygen atoms in total. The maximum Gasteiger partial charge on any atom is 0.197 e. The Morgan fingerprint density at radius 2 is 1.87 bits per heavy atom. The maximum absolute atomic E-state index is 13.2. The van der Waals surface area contributed by atoms with Crippen LogP contribution in [0.3, 0.4) is 0 Å². The molecule has 0 bridgehead atoms. The molecule has 1 aromatic heterocycles. The maximum atomic E-state index is 13.2. The van der Waals surface area contributed by atoms with Gasteiger partial charge in [-0.15, -0.1) is 0 Å². The second-order valence-electron chi connectivity index (χ2n) is 2.95. The van der Waals surface area contributed by atoms with Gasteiger partial charge in [0.15, 0.2) is 6.33 Å². The Labute approximate surface area is 86.6 Å². The Hall–Kier alpha value is -1.97. The van der Waals surface area contributed by atoms with E-state index in [1.54, 1.807) is 18.5 Å². The number of aromatic nitrogens is 2. The number of benzene rings is 1. The molecule has 0 atom stereocenters. The first-order valence-corrected chi connectivity index (χ1v) is 4.32. The van der Waals surface area contributed by atoms with Crippen molar-refractivity contribution in [2.75, 3.05) is 7.11 Å². The molecule has 4 heteroatoms. The van der Waals surface area contributed by atoms with Crippen LogP contribution < -0.4 is 4.74 Å². The van der Waals surface area contributed by atoms with Gasteiger partial charge >= 0.3 is 0 Å². The molecular formula is C11H8FN2O. The molecule has 1 radical (unpaired) electrons. The zero-order chi connectivity index (χ0) is 10.7. The summed E-state index contributed by atoms with van der Waals surface area (Å²) in [7, 11) is 1.49. The molecule has 0 saturated heterocycles. The smallest absolute Gasteiger partial charge is 0.197 e. The predicted molar refractivity (Wildman–Crippen MR) is 52.8 cm³/mol. The third kappa shape index (κ3) is 2.10. The molecule has 1 aromatic carbocycles. The third-order valence-electron chi connectivity index (χ3n) is 1.96. The summed E-state index contributed by atoms with van der Waals surface area (Å²) in [5, 5.41) is 0. The minimum absolute atomic E-state index is 0.350. The molecule has 15 heavy (non-hydrogen) atoms. The molecule has 0 N–H and O–H groups in total. The number of ether oxygens (including phenoxy) is 1. The summed E-state index contributed by atoms with van der Waals surface area (Å²) in [5.74, 6) is 0.120. The topological polar surface area (TPSA) is 35.0 Å². The standard InChI is InChI=1S/C11H8FN2O/c1-15-11-3-8(2-10(12)4-11)9-5-13-7-14-6-9/h2-6H,1H3. The summed E-state index contributed by atoms with van der Waals surface area (Å²) >= 11 is 0. The first kappa shape index (κ1) is 9.58. The van der Waals surface area contributed by atoms with E-state index in [0.717, 1.165) is 5.56 Å². The Kier molecular flexibility index (Phi) is 2.58. The summed E-state index contributed by atoms with van der Waals surface area (Å²) in [6.07, 6.45) is 5.56. The highest BCUT2D eigenvalue weighted by Crippen LogP contribution is 2.24. The number of halogens is 1. The SMILES string of the molecule is COc1cc(F)cc(-c2cn[c]nc2)c1. The number of methoxy groups -OCH3 is 1. The Morgan fingerprint density at radius 1 is 1.13 bits per heavy atom. The normalized spacial score (nSPS) is 10.0. The van der Waals surface area contributed by atoms with Gasteiger partial charge in [0.05, 0.1) is 7.11 Å². The van der Waals surface area contributed by atoms with Gasteiger partial charge in [-0.25, -0.2) is 14.4 Å². The van der Waals surface area contributed by atoms with Crippen molar-refractivity contribution in [2.45, 2.75) is 0 Å². The summed E-state index contributed by atoms with van der Waals surface area (Å²) in [6, 6.07) is 4.45. The van der Waals surface area contributed by atoms with E-state index < -0.39 is 0 Å². The van der Waals surface area contributed by atoms with Crippen molar-refractivity contribution in [2.24, 2.45) is 0 Å². The lowest BCUT2D eigenvalue weighted by atomic mass is 10.1. The number of nitrogens with zero attached hydrogens (tertiary/aromatic N) is 2. The van der Waals surface area contributed by atoms with Crippen LogP contribution in [0.5, 0.6) is 5.75 Å². The molecule has 0 fully saturated rings. The molecule has 0 aliphatic heterocycles. The molecule has 0 aliphatic carbocycles. The van der Waals surface area contributed by atoms with E-state index in [4.69, 9.17) is 4.74 Å². The zero-order valence-corrected chi connectivity index (χ0v) is 8.07. The molecule has 1 heterocycles. The summed E-state index contributed by atoms with van der Waals surface area (Å²) in [5.41, 5.74) is 1.41. The highest BCUT2D eigenvalue weighted by molar-refractivity contribution is 5.63. The van der Waals surface area contributed by atoms with E-state index in [1.807, 2.05) is 0 Å². The van der Waals surface area contributed by atoms with E-state index in [0.29, 0.717) is 11.3 Å². The van der Waals surface area contributed by atoms with Crippen LogP contribution in [-0.4, -0.2) is 17.1 Å². The van der Waals surface area contributed by atoms with Gasteiger partial charge in [-0.05, 0) is 17.7 Å². The summed E-state index contributed by atoms with van der Waals surface area (Å²) < 4.78 is 18.1. The number of hydrogen-bond acceptors (Lipinski definition) is 3. The largest absolute Gasteiger partial charge is 0.497 e. The van der Waals surface area contributed by atoms with Gasteiger partial charge in [0.25, 0.3) is 0 Å². The van der Waals surface area contributed by atoms with Crippen LogP contribution in [0.1, 0.15) is 0 Å². The lowest BCUT2D eigenvalue weighted by Crippen LogP contribution is -1.88. The van der Waals surface area contributed by atoms with Crippen molar-refractivity contribution in [3.8, 4) is 16.9 Å². The second kappa shape index (κ2) is 4.04. The van der Waals surface area contributed by atoms with Crippen molar-refractivity contribution >= 4 is 0 Å². The highest BCUT2D eigenvalue weighted by Gasteiger charge is 2.03. The molecule has 0 unspecified atom stereocenters. The first-order chi connectivity index (χ1) is 7.29. The van der Waals surface area contributed by atoms with Crippen LogP contribution in [-0.2, 0) is 0 Å². The Morgan fingerprint density at radius 3 is 2.53 bits per heavy atom. The van der Waals surface area contributed by atoms with E-state index in [9.17, 15) is 4.39 Å². The van der Waals surface area contributed by atoms with Crippen molar-refractivity contribution in [3.05, 3.63) is 42.7 Å². The molecule has 2 rings (SSSR count).